The Morgan fingerprint density at radius 1 is 0.936 bits per heavy atom. The first-order valence-corrected chi connectivity index (χ1v) is 18.4. The lowest BCUT2D eigenvalue weighted by atomic mass is 9.52. The number of hydrogen-bond donors (Lipinski definition) is 1. The number of hydrogen-bond acceptors (Lipinski definition) is 9. The fraction of sp³-hybridized carbons (Fsp3) is 0.684. The molecular weight excluding hydrogens is 588 g/mol. The smallest absolute Gasteiger partial charge is 0.229 e. The summed E-state index contributed by atoms with van der Waals surface area (Å²) in [5, 5.41) is 11.4. The van der Waals surface area contributed by atoms with Crippen LogP contribution >= 0.6 is 0 Å². The van der Waals surface area contributed by atoms with E-state index in [0.717, 1.165) is 110 Å². The van der Waals surface area contributed by atoms with Crippen LogP contribution in [-0.2, 0) is 9.59 Å². The fourth-order valence-electron chi connectivity index (χ4n) is 10.9. The standard InChI is InChI=1S/C38H52N6O3/c1-25-22-30-28-9-8-26-23-27(45)10-12-37(26,2)29(28)11-13-38(30,3)32(25)31(46)24-41-18-20-43(21-19-41)35-33(47)34(42-14-4-5-15-42)39-36(40-35)44-16-6-7-17-44/h10-12,23,25,28,30,32,47H,4-9,13-22,24H2,1-3H3/t25-,28?,30?,32-,37+,38+/m1/s1. The second kappa shape index (κ2) is 11.7. The van der Waals surface area contributed by atoms with E-state index >= 15 is 0 Å². The van der Waals surface area contributed by atoms with Crippen molar-refractivity contribution in [2.75, 3.05) is 73.6 Å². The minimum atomic E-state index is -0.147. The molecule has 3 saturated heterocycles. The van der Waals surface area contributed by atoms with Crippen LogP contribution in [0.15, 0.2) is 35.5 Å². The zero-order chi connectivity index (χ0) is 32.5. The highest BCUT2D eigenvalue weighted by molar-refractivity contribution is 6.01. The molecule has 0 bridgehead atoms. The minimum Gasteiger partial charge on any atom is -0.502 e. The average molecular weight is 641 g/mol. The van der Waals surface area contributed by atoms with Gasteiger partial charge in [-0.25, -0.2) is 0 Å². The van der Waals surface area contributed by atoms with Gasteiger partial charge in [0.1, 0.15) is 0 Å². The van der Waals surface area contributed by atoms with Gasteiger partial charge < -0.3 is 19.8 Å². The molecule has 4 heterocycles. The molecule has 1 N–H and O–H groups in total. The average Bonchev–Trinajstić information content (AvgIpc) is 3.83. The van der Waals surface area contributed by atoms with E-state index in [-0.39, 0.29) is 28.3 Å². The summed E-state index contributed by atoms with van der Waals surface area (Å²) in [5.74, 6) is 4.21. The fourth-order valence-corrected chi connectivity index (χ4v) is 10.9. The van der Waals surface area contributed by atoms with Gasteiger partial charge in [0, 0.05) is 63.7 Å². The molecule has 3 aliphatic heterocycles. The Labute approximate surface area is 279 Å². The summed E-state index contributed by atoms with van der Waals surface area (Å²) >= 11 is 0. The molecular formula is C38H52N6O3. The molecule has 2 saturated carbocycles. The molecule has 4 aliphatic carbocycles. The van der Waals surface area contributed by atoms with Crippen LogP contribution in [-0.4, -0.2) is 90.4 Å². The highest BCUT2D eigenvalue weighted by atomic mass is 16.3. The first-order chi connectivity index (χ1) is 22.7. The molecule has 5 fully saturated rings. The molecule has 8 rings (SSSR count). The van der Waals surface area contributed by atoms with E-state index in [4.69, 9.17) is 9.97 Å². The second-order valence-electron chi connectivity index (χ2n) is 16.1. The summed E-state index contributed by atoms with van der Waals surface area (Å²) in [5.41, 5.74) is 2.59. The predicted molar refractivity (Wildman–Crippen MR) is 185 cm³/mol. The number of rotatable bonds is 6. The molecule has 1 aromatic rings. The first kappa shape index (κ1) is 31.1. The molecule has 0 amide bonds. The van der Waals surface area contributed by atoms with Crippen LogP contribution < -0.4 is 14.7 Å². The summed E-state index contributed by atoms with van der Waals surface area (Å²) in [6.45, 7) is 14.3. The van der Waals surface area contributed by atoms with E-state index in [9.17, 15) is 14.7 Å². The van der Waals surface area contributed by atoms with E-state index in [0.29, 0.717) is 41.7 Å². The Morgan fingerprint density at radius 2 is 1.57 bits per heavy atom. The molecule has 9 heteroatoms. The van der Waals surface area contributed by atoms with Gasteiger partial charge in [0.15, 0.2) is 23.2 Å². The maximum atomic E-state index is 14.3. The van der Waals surface area contributed by atoms with Crippen LogP contribution in [0.5, 0.6) is 5.75 Å². The Hall–Kier alpha value is -3.20. The second-order valence-corrected chi connectivity index (χ2v) is 16.1. The molecule has 0 spiro atoms. The normalized spacial score (nSPS) is 35.5. The SMILES string of the molecule is C[C@@H]1CC2C3CCC4=CC(=O)C=C[C@]4(C)C3=CC[C@]2(C)[C@H]1C(=O)CN1CCN(c2nc(N3CCCC3)nc(N3CCCC3)c2O)CC1. The van der Waals surface area contributed by atoms with Gasteiger partial charge >= 0.3 is 0 Å². The van der Waals surface area contributed by atoms with Crippen LogP contribution in [0, 0.1) is 34.5 Å². The molecule has 9 nitrogen and oxygen atoms in total. The Morgan fingerprint density at radius 3 is 2.26 bits per heavy atom. The number of fused-ring (bicyclic) bond motifs is 5. The maximum Gasteiger partial charge on any atom is 0.229 e. The number of carbonyl (C=O) groups excluding carboxylic acids is 2. The van der Waals surface area contributed by atoms with Gasteiger partial charge in [-0.3, -0.25) is 14.5 Å². The van der Waals surface area contributed by atoms with Gasteiger partial charge in [-0.1, -0.05) is 37.1 Å². The zero-order valence-electron chi connectivity index (χ0n) is 28.6. The van der Waals surface area contributed by atoms with Crippen molar-refractivity contribution in [1.29, 1.82) is 0 Å². The van der Waals surface area contributed by atoms with E-state index < -0.39 is 0 Å². The summed E-state index contributed by atoms with van der Waals surface area (Å²) < 4.78 is 0. The van der Waals surface area contributed by atoms with Gasteiger partial charge in [-0.05, 0) is 93.6 Å². The molecule has 47 heavy (non-hydrogen) atoms. The lowest BCUT2D eigenvalue weighted by Crippen LogP contribution is -2.51. The predicted octanol–water partition coefficient (Wildman–Crippen LogP) is 5.16. The number of piperazine rings is 1. The van der Waals surface area contributed by atoms with Gasteiger partial charge in [0.2, 0.25) is 11.7 Å². The van der Waals surface area contributed by atoms with Crippen molar-refractivity contribution < 1.29 is 14.7 Å². The molecule has 6 atom stereocenters. The van der Waals surface area contributed by atoms with Crippen LogP contribution in [0.2, 0.25) is 0 Å². The number of ketones is 2. The topological polar surface area (TPSA) is 93.1 Å². The van der Waals surface area contributed by atoms with Crippen molar-refractivity contribution in [2.24, 2.45) is 34.5 Å². The summed E-state index contributed by atoms with van der Waals surface area (Å²) in [7, 11) is 0. The van der Waals surface area contributed by atoms with Crippen molar-refractivity contribution in [2.45, 2.75) is 72.1 Å². The largest absolute Gasteiger partial charge is 0.502 e. The molecule has 2 unspecified atom stereocenters. The van der Waals surface area contributed by atoms with Crippen molar-refractivity contribution in [3.05, 3.63) is 35.5 Å². The van der Waals surface area contributed by atoms with E-state index in [1.54, 1.807) is 6.08 Å². The number of Topliss-reactive ketones (excluding diaryl/α,β-unsaturated/α-hetero) is 1. The Kier molecular flexibility index (Phi) is 7.77. The first-order valence-electron chi connectivity index (χ1n) is 18.4. The number of carbonyl (C=O) groups is 2. The lowest BCUT2D eigenvalue weighted by Gasteiger charge is -2.52. The van der Waals surface area contributed by atoms with Crippen molar-refractivity contribution in [3.63, 3.8) is 0 Å². The summed E-state index contributed by atoms with van der Waals surface area (Å²) in [4.78, 5) is 45.2. The highest BCUT2D eigenvalue weighted by Crippen LogP contribution is 2.65. The van der Waals surface area contributed by atoms with Crippen LogP contribution in [0.3, 0.4) is 0 Å². The van der Waals surface area contributed by atoms with Gasteiger partial charge in [-0.2, -0.15) is 9.97 Å². The highest BCUT2D eigenvalue weighted by Gasteiger charge is 2.59. The van der Waals surface area contributed by atoms with E-state index in [1.165, 1.54) is 11.1 Å². The maximum absolute atomic E-state index is 14.3. The molecule has 7 aliphatic rings. The quantitative estimate of drug-likeness (QED) is 0.423. The lowest BCUT2D eigenvalue weighted by molar-refractivity contribution is -0.129. The molecule has 0 radical (unpaired) electrons. The van der Waals surface area contributed by atoms with Crippen LogP contribution in [0.4, 0.5) is 17.6 Å². The molecule has 252 valence electrons. The third-order valence-electron chi connectivity index (χ3n) is 13.3. The van der Waals surface area contributed by atoms with Gasteiger partial charge in [0.25, 0.3) is 0 Å². The number of aromatic hydroxyl groups is 1. The summed E-state index contributed by atoms with van der Waals surface area (Å²) in [6, 6.07) is 0. The Bertz CT molecular complexity index is 1530. The number of allylic oxidation sites excluding steroid dienone is 6. The molecule has 0 aromatic carbocycles. The zero-order valence-corrected chi connectivity index (χ0v) is 28.6. The van der Waals surface area contributed by atoms with Crippen molar-refractivity contribution in [1.82, 2.24) is 14.9 Å². The third-order valence-corrected chi connectivity index (χ3v) is 13.3. The minimum absolute atomic E-state index is 0.0248. The van der Waals surface area contributed by atoms with Crippen molar-refractivity contribution in [3.8, 4) is 5.75 Å². The van der Waals surface area contributed by atoms with E-state index in [1.807, 2.05) is 6.08 Å². The number of aromatic nitrogens is 2. The van der Waals surface area contributed by atoms with E-state index in [2.05, 4.69) is 52.5 Å². The van der Waals surface area contributed by atoms with Crippen molar-refractivity contribution >= 4 is 29.2 Å². The van der Waals surface area contributed by atoms with Crippen LogP contribution in [0.1, 0.15) is 72.1 Å². The van der Waals surface area contributed by atoms with Gasteiger partial charge in [0.05, 0.1) is 6.54 Å². The molecule has 1 aromatic heterocycles. The summed E-state index contributed by atoms with van der Waals surface area (Å²) in [6.07, 6.45) is 16.9. The number of anilines is 3. The van der Waals surface area contributed by atoms with Gasteiger partial charge in [-0.15, -0.1) is 0 Å². The Balaban J connectivity index is 0.960. The van der Waals surface area contributed by atoms with Crippen LogP contribution in [0.25, 0.3) is 0 Å². The monoisotopic (exact) mass is 640 g/mol. The third kappa shape index (κ3) is 5.13. The number of nitrogens with zero attached hydrogens (tertiary/aromatic N) is 6.